The molecule has 1 heterocycles. The van der Waals surface area contributed by atoms with E-state index in [4.69, 9.17) is 4.42 Å². The molecule has 2 aromatic carbocycles. The van der Waals surface area contributed by atoms with Crippen LogP contribution in [-0.4, -0.2) is 5.11 Å². The van der Waals surface area contributed by atoms with Crippen LogP contribution in [0.1, 0.15) is 17.4 Å². The molecule has 19 heavy (non-hydrogen) atoms. The summed E-state index contributed by atoms with van der Waals surface area (Å²) in [5, 5.41) is 10.9. The van der Waals surface area contributed by atoms with E-state index < -0.39 is 6.10 Å². The highest BCUT2D eigenvalue weighted by Gasteiger charge is 2.16. The van der Waals surface area contributed by atoms with E-state index in [1.807, 2.05) is 24.3 Å². The fraction of sp³-hybridized carbons (Fsp3) is 0.0667. The number of hydrogen-bond donors (Lipinski definition) is 1. The van der Waals surface area contributed by atoms with E-state index in [-0.39, 0.29) is 5.82 Å². The van der Waals surface area contributed by atoms with Gasteiger partial charge in [-0.15, -0.1) is 0 Å². The number of rotatable bonds is 2. The molecule has 3 rings (SSSR count). The summed E-state index contributed by atoms with van der Waals surface area (Å²) in [5.41, 5.74) is 1.33. The average Bonchev–Trinajstić information content (AvgIpc) is 2.80. The zero-order valence-electron chi connectivity index (χ0n) is 9.81. The molecular weight excluding hydrogens is 358 g/mol. The van der Waals surface area contributed by atoms with Crippen molar-refractivity contribution in [2.24, 2.45) is 0 Å². The van der Waals surface area contributed by atoms with Crippen molar-refractivity contribution < 1.29 is 13.9 Å². The smallest absolute Gasteiger partial charge is 0.138 e. The van der Waals surface area contributed by atoms with Crippen molar-refractivity contribution in [3.8, 4) is 0 Å². The largest absolute Gasteiger partial charge is 0.458 e. The Kier molecular flexibility index (Phi) is 3.28. The van der Waals surface area contributed by atoms with E-state index in [1.165, 1.54) is 12.1 Å². The second-order valence-corrected chi connectivity index (χ2v) is 5.53. The van der Waals surface area contributed by atoms with Crippen LogP contribution in [0.25, 0.3) is 11.0 Å². The van der Waals surface area contributed by atoms with Gasteiger partial charge in [0, 0.05) is 8.96 Å². The van der Waals surface area contributed by atoms with Crippen LogP contribution >= 0.6 is 22.6 Å². The number of furan rings is 1. The summed E-state index contributed by atoms with van der Waals surface area (Å²) in [6, 6.07) is 13.5. The van der Waals surface area contributed by atoms with Crippen molar-refractivity contribution in [3.63, 3.8) is 0 Å². The molecule has 0 fully saturated rings. The zero-order chi connectivity index (χ0) is 13.4. The molecule has 0 spiro atoms. The number of aliphatic hydroxyl groups is 1. The second kappa shape index (κ2) is 4.94. The monoisotopic (exact) mass is 368 g/mol. The lowest BCUT2D eigenvalue weighted by Gasteiger charge is -2.07. The zero-order valence-corrected chi connectivity index (χ0v) is 12.0. The normalized spacial score (nSPS) is 12.8. The highest BCUT2D eigenvalue weighted by molar-refractivity contribution is 14.1. The molecule has 96 valence electrons. The van der Waals surface area contributed by atoms with Gasteiger partial charge in [-0.2, -0.15) is 0 Å². The van der Waals surface area contributed by atoms with Crippen LogP contribution in [0.4, 0.5) is 4.39 Å². The van der Waals surface area contributed by atoms with Gasteiger partial charge in [0.25, 0.3) is 0 Å². The highest BCUT2D eigenvalue weighted by atomic mass is 127. The van der Waals surface area contributed by atoms with Gasteiger partial charge in [0.15, 0.2) is 0 Å². The van der Waals surface area contributed by atoms with Crippen LogP contribution in [0.15, 0.2) is 52.9 Å². The van der Waals surface area contributed by atoms with Gasteiger partial charge in [0.05, 0.1) is 0 Å². The minimum Gasteiger partial charge on any atom is -0.458 e. The Hall–Kier alpha value is -1.40. The number of hydrogen-bond acceptors (Lipinski definition) is 2. The first-order chi connectivity index (χ1) is 9.13. The van der Waals surface area contributed by atoms with E-state index in [2.05, 4.69) is 22.6 Å². The van der Waals surface area contributed by atoms with E-state index in [0.29, 0.717) is 16.7 Å². The van der Waals surface area contributed by atoms with Crippen molar-refractivity contribution in [2.45, 2.75) is 6.10 Å². The summed E-state index contributed by atoms with van der Waals surface area (Å²) in [5.74, 6) is 0.103. The maximum absolute atomic E-state index is 13.1. The Balaban J connectivity index is 2.04. The second-order valence-electron chi connectivity index (χ2n) is 4.29. The summed E-state index contributed by atoms with van der Waals surface area (Å²) in [7, 11) is 0. The molecule has 4 heteroatoms. The molecule has 0 saturated heterocycles. The first-order valence-corrected chi connectivity index (χ1v) is 6.84. The molecular formula is C15H10FIO2. The summed E-state index contributed by atoms with van der Waals surface area (Å²) in [4.78, 5) is 0. The lowest BCUT2D eigenvalue weighted by molar-refractivity contribution is 0.192. The number of aliphatic hydroxyl groups excluding tert-OH is 1. The molecule has 1 aromatic heterocycles. The predicted molar refractivity (Wildman–Crippen MR) is 79.4 cm³/mol. The molecule has 0 aliphatic carbocycles. The van der Waals surface area contributed by atoms with Gasteiger partial charge < -0.3 is 9.52 Å². The molecule has 0 aliphatic rings. The maximum atomic E-state index is 13.1. The van der Waals surface area contributed by atoms with Gasteiger partial charge in [0.2, 0.25) is 0 Å². The van der Waals surface area contributed by atoms with E-state index in [1.54, 1.807) is 12.1 Å². The Bertz CT molecular complexity index is 736. The van der Waals surface area contributed by atoms with Crippen LogP contribution in [-0.2, 0) is 0 Å². The molecule has 1 N–H and O–H groups in total. The van der Waals surface area contributed by atoms with Crippen LogP contribution in [0.2, 0.25) is 0 Å². The summed E-state index contributed by atoms with van der Waals surface area (Å²) >= 11 is 2.19. The molecule has 2 nitrogen and oxygen atoms in total. The molecule has 0 amide bonds. The minimum absolute atomic E-state index is 0.316. The molecule has 1 unspecified atom stereocenters. The van der Waals surface area contributed by atoms with E-state index in [9.17, 15) is 9.50 Å². The molecule has 0 saturated carbocycles. The average molecular weight is 368 g/mol. The van der Waals surface area contributed by atoms with Crippen molar-refractivity contribution in [1.82, 2.24) is 0 Å². The van der Waals surface area contributed by atoms with Crippen LogP contribution in [0.3, 0.4) is 0 Å². The van der Waals surface area contributed by atoms with Gasteiger partial charge in [0.1, 0.15) is 23.3 Å². The number of halogens is 2. The summed E-state index contributed by atoms with van der Waals surface area (Å²) in [6.07, 6.45) is -0.842. The van der Waals surface area contributed by atoms with E-state index in [0.717, 1.165) is 9.13 Å². The fourth-order valence-electron chi connectivity index (χ4n) is 2.01. The van der Waals surface area contributed by atoms with Crippen molar-refractivity contribution in [3.05, 3.63) is 69.2 Å². The Morgan fingerprint density at radius 1 is 1.11 bits per heavy atom. The molecule has 3 aromatic rings. The highest BCUT2D eigenvalue weighted by Crippen LogP contribution is 2.29. The molecule has 1 atom stereocenters. The Morgan fingerprint density at radius 3 is 2.74 bits per heavy atom. The number of benzene rings is 2. The van der Waals surface area contributed by atoms with Gasteiger partial charge >= 0.3 is 0 Å². The first-order valence-electron chi connectivity index (χ1n) is 5.76. The summed E-state index contributed by atoms with van der Waals surface area (Å²) in [6.45, 7) is 0. The van der Waals surface area contributed by atoms with Crippen LogP contribution in [0.5, 0.6) is 0 Å². The first kappa shape index (κ1) is 12.6. The number of fused-ring (bicyclic) bond motifs is 1. The van der Waals surface area contributed by atoms with Gasteiger partial charge in [-0.05, 0) is 64.6 Å². The summed E-state index contributed by atoms with van der Waals surface area (Å²) < 4.78 is 19.7. The van der Waals surface area contributed by atoms with Gasteiger partial charge in [-0.1, -0.05) is 12.1 Å². The topological polar surface area (TPSA) is 33.4 Å². The molecule has 0 bridgehead atoms. The van der Waals surface area contributed by atoms with Crippen molar-refractivity contribution in [1.29, 1.82) is 0 Å². The lowest BCUT2D eigenvalue weighted by Crippen LogP contribution is -1.97. The quantitative estimate of drug-likeness (QED) is 0.686. The SMILES string of the molecule is OC(c1cccc(I)c1)c1cc2cc(F)ccc2o1. The predicted octanol–water partition coefficient (Wildman–Crippen LogP) is 4.26. The van der Waals surface area contributed by atoms with Crippen molar-refractivity contribution >= 4 is 33.6 Å². The minimum atomic E-state index is -0.842. The maximum Gasteiger partial charge on any atom is 0.138 e. The Morgan fingerprint density at radius 2 is 1.95 bits per heavy atom. The van der Waals surface area contributed by atoms with Crippen LogP contribution in [0, 0.1) is 9.39 Å². The Labute approximate surface area is 123 Å². The third-order valence-electron chi connectivity index (χ3n) is 2.93. The lowest BCUT2D eigenvalue weighted by atomic mass is 10.1. The standard InChI is InChI=1S/C15H10FIO2/c16-11-4-5-13-10(6-11)8-14(19-13)15(18)9-2-1-3-12(17)7-9/h1-8,15,18H. The third kappa shape index (κ3) is 2.50. The van der Waals surface area contributed by atoms with Crippen LogP contribution < -0.4 is 0 Å². The molecule has 0 aliphatic heterocycles. The fourth-order valence-corrected chi connectivity index (χ4v) is 2.58. The third-order valence-corrected chi connectivity index (χ3v) is 3.60. The molecule has 0 radical (unpaired) electrons. The van der Waals surface area contributed by atoms with E-state index >= 15 is 0 Å². The van der Waals surface area contributed by atoms with Gasteiger partial charge in [-0.25, -0.2) is 4.39 Å². The van der Waals surface area contributed by atoms with Gasteiger partial charge in [-0.3, -0.25) is 0 Å². The van der Waals surface area contributed by atoms with Crippen molar-refractivity contribution in [2.75, 3.05) is 0 Å².